The number of benzene rings is 11. The number of nitrogens with zero attached hydrogens (tertiary/aromatic N) is 2. The summed E-state index contributed by atoms with van der Waals surface area (Å²) in [6.45, 7) is 5.76. The van der Waals surface area contributed by atoms with E-state index in [1.165, 1.54) is 0 Å². The molecule has 26 bridgehead atoms. The molecular formula is C92H68N6O7. The van der Waals surface area contributed by atoms with Crippen LogP contribution in [0.1, 0.15) is 116 Å². The topological polar surface area (TPSA) is 217 Å². The number of aromatic nitrogens is 4. The van der Waals surface area contributed by atoms with Gasteiger partial charge in [0.25, 0.3) is 11.8 Å². The third kappa shape index (κ3) is 11.5. The Kier molecular flexibility index (Phi) is 15.3. The first-order valence-corrected chi connectivity index (χ1v) is 35.2. The van der Waals surface area contributed by atoms with Gasteiger partial charge >= 0.3 is 0 Å². The van der Waals surface area contributed by atoms with Crippen molar-refractivity contribution in [2.75, 3.05) is 10.6 Å². The van der Waals surface area contributed by atoms with Gasteiger partial charge in [-0.3, -0.25) is 9.59 Å². The van der Waals surface area contributed by atoms with Crippen molar-refractivity contribution in [3.05, 3.63) is 325 Å². The van der Waals surface area contributed by atoms with Gasteiger partial charge in [-0.15, -0.1) is 0 Å². The predicted molar refractivity (Wildman–Crippen MR) is 420 cm³/mol. The van der Waals surface area contributed by atoms with Crippen LogP contribution in [0.4, 0.5) is 11.4 Å². The van der Waals surface area contributed by atoms with E-state index < -0.39 is 11.8 Å². The van der Waals surface area contributed by atoms with Gasteiger partial charge in [0.15, 0.2) is 0 Å². The van der Waals surface area contributed by atoms with E-state index in [9.17, 15) is 25.5 Å². The molecule has 6 heterocycles. The first-order chi connectivity index (χ1) is 51.1. The summed E-state index contributed by atoms with van der Waals surface area (Å²) in [7, 11) is 0. The minimum Gasteiger partial charge on any atom is -0.507 e. The van der Waals surface area contributed by atoms with Gasteiger partial charge in [0.2, 0.25) is 0 Å². The molecule has 0 atom stereocenters. The molecule has 3 aliphatic heterocycles. The number of phenols is 5. The summed E-state index contributed by atoms with van der Waals surface area (Å²) in [4.78, 5) is 49.8. The van der Waals surface area contributed by atoms with E-state index >= 15 is 9.59 Å². The highest BCUT2D eigenvalue weighted by atomic mass is 16.3. The van der Waals surface area contributed by atoms with E-state index in [0.29, 0.717) is 101 Å². The summed E-state index contributed by atoms with van der Waals surface area (Å²) in [6, 6.07) is 70.4. The molecule has 3 aromatic heterocycles. The minimum atomic E-state index is -0.432. The molecule has 2 amide bonds. The van der Waals surface area contributed by atoms with Crippen molar-refractivity contribution in [3.8, 4) is 73.3 Å². The van der Waals surface area contributed by atoms with E-state index in [-0.39, 0.29) is 60.9 Å². The normalized spacial score (nSPS) is 13.2. The van der Waals surface area contributed by atoms with Crippen LogP contribution in [0.5, 0.6) is 28.7 Å². The number of aromatic hydroxyl groups is 5. The molecule has 11 aromatic carbocycles. The number of hydrogen-bond acceptors (Lipinski definition) is 9. The molecule has 105 heavy (non-hydrogen) atoms. The van der Waals surface area contributed by atoms with Crippen molar-refractivity contribution in [2.45, 2.75) is 52.9 Å². The van der Waals surface area contributed by atoms with Crippen molar-refractivity contribution >= 4 is 91.1 Å². The summed E-state index contributed by atoms with van der Waals surface area (Å²) in [5.41, 5.74) is 21.0. The van der Waals surface area contributed by atoms with Crippen molar-refractivity contribution < 1.29 is 35.1 Å². The summed E-state index contributed by atoms with van der Waals surface area (Å²) in [5.74, 6) is -1.19. The zero-order valence-corrected chi connectivity index (χ0v) is 57.6. The maximum atomic E-state index is 15.4. The molecule has 0 unspecified atom stereocenters. The van der Waals surface area contributed by atoms with Crippen LogP contribution in [0, 0.1) is 20.8 Å². The zero-order valence-electron chi connectivity index (χ0n) is 57.6. The highest BCUT2D eigenvalue weighted by Crippen LogP contribution is 2.45. The lowest BCUT2D eigenvalue weighted by Crippen LogP contribution is -2.13. The van der Waals surface area contributed by atoms with Gasteiger partial charge in [0, 0.05) is 121 Å². The maximum Gasteiger partial charge on any atom is 0.255 e. The molecule has 13 nitrogen and oxygen atoms in total. The molecule has 0 fully saturated rings. The lowest BCUT2D eigenvalue weighted by atomic mass is 9.89. The van der Waals surface area contributed by atoms with Crippen LogP contribution in [0.25, 0.3) is 112 Å². The number of aromatic amines is 2. The molecular weight excluding hydrogens is 1300 g/mol. The van der Waals surface area contributed by atoms with E-state index in [1.54, 1.807) is 36.4 Å². The number of carbonyl (C=O) groups is 2. The Bertz CT molecular complexity index is 5960. The van der Waals surface area contributed by atoms with Crippen LogP contribution in [0.2, 0.25) is 0 Å². The van der Waals surface area contributed by atoms with Crippen molar-refractivity contribution in [1.29, 1.82) is 0 Å². The van der Waals surface area contributed by atoms with Crippen LogP contribution in [0.3, 0.4) is 0 Å². The number of rotatable bonds is 2. The molecule has 0 saturated heterocycles. The van der Waals surface area contributed by atoms with E-state index in [2.05, 4.69) is 106 Å². The monoisotopic (exact) mass is 1370 g/mol. The smallest absolute Gasteiger partial charge is 0.255 e. The number of carbonyl (C=O) groups excluding carboxylic acids is 2. The second-order valence-electron chi connectivity index (χ2n) is 28.1. The fraction of sp³-hybridized carbons (Fsp3) is 0.0870. The van der Waals surface area contributed by atoms with Crippen molar-refractivity contribution in [3.63, 3.8) is 0 Å². The maximum absolute atomic E-state index is 15.4. The van der Waals surface area contributed by atoms with Crippen LogP contribution in [0.15, 0.2) is 218 Å². The van der Waals surface area contributed by atoms with Crippen LogP contribution >= 0.6 is 0 Å². The number of amides is 2. The van der Waals surface area contributed by atoms with Crippen LogP contribution in [-0.4, -0.2) is 57.3 Å². The molecule has 1 aliphatic carbocycles. The highest BCUT2D eigenvalue weighted by Gasteiger charge is 2.27. The summed E-state index contributed by atoms with van der Waals surface area (Å²) in [5, 5.41) is 72.6. The Hall–Kier alpha value is -13.5. The second kappa shape index (κ2) is 25.2. The van der Waals surface area contributed by atoms with Crippen molar-refractivity contribution in [1.82, 2.24) is 19.9 Å². The average molecular weight is 1370 g/mol. The number of anilines is 2. The lowest BCUT2D eigenvalue weighted by molar-refractivity contribution is 0.101. The average Bonchev–Trinajstić information content (AvgIpc) is 1.67. The fourth-order valence-electron chi connectivity index (χ4n) is 16.1. The summed E-state index contributed by atoms with van der Waals surface area (Å²) < 4.78 is 0. The largest absolute Gasteiger partial charge is 0.507 e. The zero-order chi connectivity index (χ0) is 71.5. The van der Waals surface area contributed by atoms with E-state index in [1.807, 2.05) is 142 Å². The number of phenolic OH excluding ortho intramolecular Hbond substituents is 5. The SMILES string of the molecule is Cc1cc2c(O)c(c1)Cc1cc3cc(c1O)Cc1cc(C)cc(c1O)Cc1cc(cc(c1O)Cc1cc(C)cc(c1O)C2)NC(=O)c1ccc2cccc(c2c1)-c1c2nc(c(-c4ccccc4)c4ccc([nH]4)c(c4nc(c(-c5ccccc5)c5ccc1[nH]5)C=C4)-c1cccc4ccc(cc14)C(=O)N3)C=C2. The molecule has 9 N–H and O–H groups in total. The molecule has 508 valence electrons. The van der Waals surface area contributed by atoms with Gasteiger partial charge in [-0.1, -0.05) is 162 Å². The molecule has 0 spiro atoms. The Balaban J connectivity index is 0.935. The molecule has 0 radical (unpaired) electrons. The number of nitrogens with one attached hydrogen (secondary N) is 4. The quantitative estimate of drug-likeness (QED) is 0.0751. The Labute approximate surface area is 604 Å². The standard InChI is InChI=1S/C92H68N6O7/c1-49-32-58-38-59-33-50(2)35-61(87(59)100)40-65-44-69-46-67(90(65)103)42-63-37-51(3)36-62(88(63)101)41-66-45-68(43-64(89(66)102)39-60(34-49)86(58)99)93-91(104)56-22-20-52-16-10-18-70(72(52)47-56)84-78-28-24-74(95-78)82(54-12-6-4-7-13-54)76-26-30-80(97-76)85(71-19-11-17-53-21-23-57(48-73(53)71)92(105)94-69)81-31-27-77(98-81)83(55-14-8-5-9-15-55)75-25-29-79(84)96-75/h4-37,43-48,95,98-103H,38-42H2,1-3H3,(H,93,104)(H,94,105). The molecule has 4 aliphatic rings. The van der Waals surface area contributed by atoms with Crippen LogP contribution < -0.4 is 10.6 Å². The molecule has 14 aromatic rings. The second-order valence-corrected chi connectivity index (χ2v) is 28.1. The first-order valence-electron chi connectivity index (χ1n) is 35.2. The van der Waals surface area contributed by atoms with Crippen molar-refractivity contribution in [2.24, 2.45) is 0 Å². The Morgan fingerprint density at radius 1 is 0.295 bits per heavy atom. The van der Waals surface area contributed by atoms with Gasteiger partial charge in [-0.2, -0.15) is 0 Å². The van der Waals surface area contributed by atoms with Crippen LogP contribution in [-0.2, 0) is 32.1 Å². The highest BCUT2D eigenvalue weighted by molar-refractivity contribution is 6.13. The third-order valence-corrected chi connectivity index (χ3v) is 20.9. The Morgan fingerprint density at radius 2 is 0.590 bits per heavy atom. The number of fused-ring (bicyclic) bond motifs is 18. The van der Waals surface area contributed by atoms with Gasteiger partial charge in [-0.25, -0.2) is 9.97 Å². The number of hydrogen-bond donors (Lipinski definition) is 9. The lowest BCUT2D eigenvalue weighted by Gasteiger charge is -2.20. The van der Waals surface area contributed by atoms with Gasteiger partial charge in [0.1, 0.15) is 28.7 Å². The molecule has 0 saturated carbocycles. The minimum absolute atomic E-state index is 0.00218. The molecule has 13 heteroatoms. The van der Waals surface area contributed by atoms with E-state index in [0.717, 1.165) is 105 Å². The van der Waals surface area contributed by atoms with Gasteiger partial charge < -0.3 is 46.1 Å². The third-order valence-electron chi connectivity index (χ3n) is 20.9. The molecule has 18 rings (SSSR count). The van der Waals surface area contributed by atoms with E-state index in [4.69, 9.17) is 9.97 Å². The predicted octanol–water partition coefficient (Wildman–Crippen LogP) is 20.2. The van der Waals surface area contributed by atoms with Gasteiger partial charge in [-0.05, 0) is 195 Å². The fourth-order valence-corrected chi connectivity index (χ4v) is 16.1. The van der Waals surface area contributed by atoms with Gasteiger partial charge in [0.05, 0.1) is 22.8 Å². The summed E-state index contributed by atoms with van der Waals surface area (Å²) in [6.07, 6.45) is 8.42. The summed E-state index contributed by atoms with van der Waals surface area (Å²) >= 11 is 0. The first kappa shape index (κ1) is 63.6. The Morgan fingerprint density at radius 3 is 0.914 bits per heavy atom. The number of H-pyrrole nitrogens is 2. The number of aryl methyl sites for hydroxylation is 3.